The summed E-state index contributed by atoms with van der Waals surface area (Å²) in [5, 5.41) is 7.44. The molecule has 3 N–H and O–H groups in total. The van der Waals surface area contributed by atoms with Crippen LogP contribution >= 0.6 is 0 Å². The normalized spacial score (nSPS) is 14.1. The van der Waals surface area contributed by atoms with Gasteiger partial charge in [-0.2, -0.15) is 10.1 Å². The molecule has 0 aromatic carbocycles. The van der Waals surface area contributed by atoms with E-state index in [0.29, 0.717) is 17.5 Å². The SMILES string of the molecule is Cn1cc(CCNc2ccc(N)c(OCC3CC3)n2)cn1. The molecule has 2 aromatic heterocycles. The predicted molar refractivity (Wildman–Crippen MR) is 82.3 cm³/mol. The summed E-state index contributed by atoms with van der Waals surface area (Å²) in [5.74, 6) is 2.01. The van der Waals surface area contributed by atoms with Gasteiger partial charge in [-0.3, -0.25) is 4.68 Å². The van der Waals surface area contributed by atoms with E-state index >= 15 is 0 Å². The van der Waals surface area contributed by atoms with E-state index in [4.69, 9.17) is 10.5 Å². The lowest BCUT2D eigenvalue weighted by molar-refractivity contribution is 0.290. The standard InChI is InChI=1S/C15H21N5O/c1-20-9-12(8-18-20)6-7-17-14-5-4-13(16)15(19-14)21-10-11-2-3-11/h4-5,8-9,11H,2-3,6-7,10,16H2,1H3,(H,17,19). The predicted octanol–water partition coefficient (Wildman–Crippen LogP) is 1.84. The molecular weight excluding hydrogens is 266 g/mol. The van der Waals surface area contributed by atoms with Gasteiger partial charge in [-0.25, -0.2) is 0 Å². The molecule has 2 aromatic rings. The fourth-order valence-electron chi connectivity index (χ4n) is 2.08. The number of hydrogen-bond acceptors (Lipinski definition) is 5. The summed E-state index contributed by atoms with van der Waals surface area (Å²) in [5.41, 5.74) is 7.68. The summed E-state index contributed by atoms with van der Waals surface area (Å²) in [6, 6.07) is 3.71. The molecule has 0 atom stereocenters. The van der Waals surface area contributed by atoms with Gasteiger partial charge < -0.3 is 15.8 Å². The zero-order valence-corrected chi connectivity index (χ0v) is 12.2. The number of nitrogens with two attached hydrogens (primary N) is 1. The average molecular weight is 287 g/mol. The summed E-state index contributed by atoms with van der Waals surface area (Å²) < 4.78 is 7.49. The van der Waals surface area contributed by atoms with Gasteiger partial charge in [0.05, 0.1) is 18.5 Å². The minimum absolute atomic E-state index is 0.535. The van der Waals surface area contributed by atoms with Crippen LogP contribution < -0.4 is 15.8 Å². The van der Waals surface area contributed by atoms with E-state index < -0.39 is 0 Å². The van der Waals surface area contributed by atoms with Gasteiger partial charge in [0, 0.05) is 19.8 Å². The van der Waals surface area contributed by atoms with Crippen LogP contribution in [0.3, 0.4) is 0 Å². The smallest absolute Gasteiger partial charge is 0.239 e. The maximum Gasteiger partial charge on any atom is 0.239 e. The third kappa shape index (κ3) is 3.87. The number of aryl methyl sites for hydroxylation is 1. The number of pyridine rings is 1. The summed E-state index contributed by atoms with van der Waals surface area (Å²) in [4.78, 5) is 4.43. The molecule has 6 heteroatoms. The molecule has 6 nitrogen and oxygen atoms in total. The van der Waals surface area contributed by atoms with Gasteiger partial charge in [0.1, 0.15) is 5.82 Å². The number of rotatable bonds is 7. The highest BCUT2D eigenvalue weighted by molar-refractivity contribution is 5.53. The number of anilines is 2. The molecule has 1 aliphatic carbocycles. The topological polar surface area (TPSA) is 78.0 Å². The monoisotopic (exact) mass is 287 g/mol. The van der Waals surface area contributed by atoms with Crippen LogP contribution in [0.25, 0.3) is 0 Å². The Labute approximate surface area is 124 Å². The number of aromatic nitrogens is 3. The minimum atomic E-state index is 0.535. The highest BCUT2D eigenvalue weighted by Crippen LogP contribution is 2.30. The van der Waals surface area contributed by atoms with Crippen molar-refractivity contribution in [1.29, 1.82) is 0 Å². The fourth-order valence-corrected chi connectivity index (χ4v) is 2.08. The van der Waals surface area contributed by atoms with Crippen LogP contribution in [0.2, 0.25) is 0 Å². The van der Waals surface area contributed by atoms with Crippen molar-refractivity contribution in [3.63, 3.8) is 0 Å². The molecular formula is C15H21N5O. The third-order valence-electron chi connectivity index (χ3n) is 3.52. The summed E-state index contributed by atoms with van der Waals surface area (Å²) >= 11 is 0. The fraction of sp³-hybridized carbons (Fsp3) is 0.467. The largest absolute Gasteiger partial charge is 0.476 e. The second-order valence-corrected chi connectivity index (χ2v) is 5.54. The van der Waals surface area contributed by atoms with Crippen molar-refractivity contribution in [3.05, 3.63) is 30.1 Å². The molecule has 0 amide bonds. The van der Waals surface area contributed by atoms with Crippen LogP contribution in [0.15, 0.2) is 24.5 Å². The second kappa shape index (κ2) is 6.03. The first-order valence-electron chi connectivity index (χ1n) is 7.31. The number of hydrogen-bond donors (Lipinski definition) is 2. The van der Waals surface area contributed by atoms with Gasteiger partial charge >= 0.3 is 0 Å². The Hall–Kier alpha value is -2.24. The Kier molecular flexibility index (Phi) is 3.94. The Morgan fingerprint density at radius 1 is 1.43 bits per heavy atom. The van der Waals surface area contributed by atoms with E-state index in [1.54, 1.807) is 4.68 Å². The maximum atomic E-state index is 5.89. The number of nitrogens with one attached hydrogen (secondary N) is 1. The Balaban J connectivity index is 1.53. The summed E-state index contributed by atoms with van der Waals surface area (Å²) in [7, 11) is 1.92. The van der Waals surface area contributed by atoms with Gasteiger partial charge in [0.15, 0.2) is 0 Å². The Morgan fingerprint density at radius 3 is 3.00 bits per heavy atom. The molecule has 1 saturated carbocycles. The number of nitrogens with zero attached hydrogens (tertiary/aromatic N) is 3. The number of ether oxygens (including phenoxy) is 1. The highest BCUT2D eigenvalue weighted by Gasteiger charge is 2.22. The van der Waals surface area contributed by atoms with Crippen LogP contribution in [0.5, 0.6) is 5.88 Å². The van der Waals surface area contributed by atoms with Crippen LogP contribution in [-0.2, 0) is 13.5 Å². The molecule has 1 fully saturated rings. The molecule has 0 radical (unpaired) electrons. The van der Waals surface area contributed by atoms with Crippen molar-refractivity contribution < 1.29 is 4.74 Å². The number of nitrogen functional groups attached to an aromatic ring is 1. The Bertz CT molecular complexity index is 606. The summed E-state index contributed by atoms with van der Waals surface area (Å²) in [6.45, 7) is 1.51. The molecule has 2 heterocycles. The molecule has 0 aliphatic heterocycles. The molecule has 112 valence electrons. The lowest BCUT2D eigenvalue weighted by Gasteiger charge is -2.10. The quantitative estimate of drug-likeness (QED) is 0.812. The first-order chi connectivity index (χ1) is 10.2. The van der Waals surface area contributed by atoms with Crippen molar-refractivity contribution in [2.45, 2.75) is 19.3 Å². The van der Waals surface area contributed by atoms with Gasteiger partial charge in [-0.15, -0.1) is 0 Å². The van der Waals surface area contributed by atoms with E-state index in [1.807, 2.05) is 31.6 Å². The van der Waals surface area contributed by atoms with Gasteiger partial charge in [-0.1, -0.05) is 0 Å². The third-order valence-corrected chi connectivity index (χ3v) is 3.52. The van der Waals surface area contributed by atoms with Crippen LogP contribution in [0, 0.1) is 5.92 Å². The van der Waals surface area contributed by atoms with E-state index in [-0.39, 0.29) is 0 Å². The van der Waals surface area contributed by atoms with Gasteiger partial charge in [-0.05, 0) is 42.9 Å². The summed E-state index contributed by atoms with van der Waals surface area (Å²) in [6.07, 6.45) is 7.30. The van der Waals surface area contributed by atoms with Crippen LogP contribution in [-0.4, -0.2) is 27.9 Å². The van der Waals surface area contributed by atoms with Crippen molar-refractivity contribution in [1.82, 2.24) is 14.8 Å². The lowest BCUT2D eigenvalue weighted by atomic mass is 10.2. The molecule has 0 spiro atoms. The molecule has 1 aliphatic rings. The Morgan fingerprint density at radius 2 is 2.29 bits per heavy atom. The van der Waals surface area contributed by atoms with Crippen LogP contribution in [0.4, 0.5) is 11.5 Å². The first kappa shape index (κ1) is 13.7. The second-order valence-electron chi connectivity index (χ2n) is 5.54. The highest BCUT2D eigenvalue weighted by atomic mass is 16.5. The molecule has 21 heavy (non-hydrogen) atoms. The van der Waals surface area contributed by atoms with E-state index in [1.165, 1.54) is 18.4 Å². The lowest BCUT2D eigenvalue weighted by Crippen LogP contribution is -2.09. The van der Waals surface area contributed by atoms with Crippen molar-refractivity contribution in [2.75, 3.05) is 24.2 Å². The molecule has 0 saturated heterocycles. The minimum Gasteiger partial charge on any atom is -0.476 e. The zero-order chi connectivity index (χ0) is 14.7. The molecule has 0 bridgehead atoms. The molecule has 3 rings (SSSR count). The van der Waals surface area contributed by atoms with E-state index in [0.717, 1.165) is 25.4 Å². The van der Waals surface area contributed by atoms with Crippen molar-refractivity contribution in [3.8, 4) is 5.88 Å². The maximum absolute atomic E-state index is 5.89. The van der Waals surface area contributed by atoms with Crippen molar-refractivity contribution in [2.24, 2.45) is 13.0 Å². The zero-order valence-electron chi connectivity index (χ0n) is 12.2. The van der Waals surface area contributed by atoms with E-state index in [9.17, 15) is 0 Å². The van der Waals surface area contributed by atoms with Crippen molar-refractivity contribution >= 4 is 11.5 Å². The van der Waals surface area contributed by atoms with Crippen LogP contribution in [0.1, 0.15) is 18.4 Å². The van der Waals surface area contributed by atoms with Gasteiger partial charge in [0.2, 0.25) is 5.88 Å². The van der Waals surface area contributed by atoms with E-state index in [2.05, 4.69) is 15.4 Å². The molecule has 0 unspecified atom stereocenters. The van der Waals surface area contributed by atoms with Gasteiger partial charge in [0.25, 0.3) is 0 Å². The first-order valence-corrected chi connectivity index (χ1v) is 7.31. The average Bonchev–Trinajstić information content (AvgIpc) is 3.21.